The van der Waals surface area contributed by atoms with Crippen molar-refractivity contribution in [1.29, 1.82) is 0 Å². The number of amides is 1. The van der Waals surface area contributed by atoms with E-state index in [0.717, 1.165) is 44.8 Å². The Morgan fingerprint density at radius 3 is 2.36 bits per heavy atom. The van der Waals surface area contributed by atoms with E-state index in [1.54, 1.807) is 0 Å². The SMILES string of the molecule is CCN(CC)C(=O)c1ccc([C@H](c2cccc(NC3CCCCC3)c2)N2CCNCC2)cc1. The van der Waals surface area contributed by atoms with Gasteiger partial charge in [0.25, 0.3) is 5.91 Å². The normalized spacial score (nSPS) is 18.6. The smallest absolute Gasteiger partial charge is 0.253 e. The highest BCUT2D eigenvalue weighted by Gasteiger charge is 2.25. The summed E-state index contributed by atoms with van der Waals surface area (Å²) in [6.07, 6.45) is 6.58. The highest BCUT2D eigenvalue weighted by atomic mass is 16.2. The van der Waals surface area contributed by atoms with E-state index in [2.05, 4.69) is 51.9 Å². The number of hydrogen-bond donors (Lipinski definition) is 2. The number of anilines is 1. The van der Waals surface area contributed by atoms with Crippen LogP contribution in [0, 0.1) is 0 Å². The van der Waals surface area contributed by atoms with Crippen molar-refractivity contribution in [2.45, 2.75) is 58.0 Å². The number of benzene rings is 2. The van der Waals surface area contributed by atoms with Crippen molar-refractivity contribution in [1.82, 2.24) is 15.1 Å². The van der Waals surface area contributed by atoms with Gasteiger partial charge in [-0.3, -0.25) is 9.69 Å². The fourth-order valence-electron chi connectivity index (χ4n) is 5.34. The van der Waals surface area contributed by atoms with Gasteiger partial charge in [0.1, 0.15) is 0 Å². The van der Waals surface area contributed by atoms with Crippen LogP contribution in [0.1, 0.15) is 73.5 Å². The average Bonchev–Trinajstić information content (AvgIpc) is 2.87. The van der Waals surface area contributed by atoms with Crippen molar-refractivity contribution >= 4 is 11.6 Å². The van der Waals surface area contributed by atoms with Crippen molar-refractivity contribution in [3.8, 4) is 0 Å². The van der Waals surface area contributed by atoms with Gasteiger partial charge in [0.2, 0.25) is 0 Å². The first-order chi connectivity index (χ1) is 16.2. The summed E-state index contributed by atoms with van der Waals surface area (Å²) in [6, 6.07) is 18.1. The number of nitrogens with zero attached hydrogens (tertiary/aromatic N) is 2. The first-order valence-corrected chi connectivity index (χ1v) is 12.9. The largest absolute Gasteiger partial charge is 0.382 e. The minimum absolute atomic E-state index is 0.115. The standard InChI is InChI=1S/C28H40N4O/c1-3-31(4-2)28(33)23-15-13-22(14-16-23)27(32-19-17-29-18-20-32)24-9-8-12-26(21-24)30-25-10-6-5-7-11-25/h8-9,12-16,21,25,27,29-30H,3-7,10-11,17-20H2,1-2H3/t27-/m1/s1. The maximum atomic E-state index is 12.8. The van der Waals surface area contributed by atoms with Crippen molar-refractivity contribution in [3.63, 3.8) is 0 Å². The zero-order valence-corrected chi connectivity index (χ0v) is 20.4. The second-order valence-corrected chi connectivity index (χ2v) is 9.39. The monoisotopic (exact) mass is 448 g/mol. The number of carbonyl (C=O) groups excluding carboxylic acids is 1. The lowest BCUT2D eigenvalue weighted by molar-refractivity contribution is 0.0773. The van der Waals surface area contributed by atoms with Crippen molar-refractivity contribution < 1.29 is 4.79 Å². The molecule has 0 bridgehead atoms. The predicted molar refractivity (Wildman–Crippen MR) is 137 cm³/mol. The third-order valence-electron chi connectivity index (χ3n) is 7.22. The summed E-state index contributed by atoms with van der Waals surface area (Å²) in [5.74, 6) is 0.115. The molecule has 0 radical (unpaired) electrons. The van der Waals surface area contributed by atoms with Gasteiger partial charge in [0.15, 0.2) is 0 Å². The summed E-state index contributed by atoms with van der Waals surface area (Å²) in [7, 11) is 0. The third-order valence-corrected chi connectivity index (χ3v) is 7.22. The molecule has 1 aliphatic carbocycles. The highest BCUT2D eigenvalue weighted by Crippen LogP contribution is 2.32. The molecule has 5 heteroatoms. The summed E-state index contributed by atoms with van der Waals surface area (Å²) in [4.78, 5) is 17.2. The summed E-state index contributed by atoms with van der Waals surface area (Å²) < 4.78 is 0. The molecule has 2 aromatic carbocycles. The number of hydrogen-bond acceptors (Lipinski definition) is 4. The molecule has 1 heterocycles. The molecule has 33 heavy (non-hydrogen) atoms. The number of rotatable bonds is 8. The van der Waals surface area contributed by atoms with E-state index in [-0.39, 0.29) is 11.9 Å². The van der Waals surface area contributed by atoms with Gasteiger partial charge in [-0.2, -0.15) is 0 Å². The molecule has 2 N–H and O–H groups in total. The van der Waals surface area contributed by atoms with Crippen molar-refractivity contribution in [2.24, 2.45) is 0 Å². The molecule has 0 aromatic heterocycles. The van der Waals surface area contributed by atoms with Gasteiger partial charge < -0.3 is 15.5 Å². The molecule has 2 aromatic rings. The first kappa shape index (κ1) is 23.8. The van der Waals surface area contributed by atoms with Gasteiger partial charge in [0, 0.05) is 56.6 Å². The van der Waals surface area contributed by atoms with Crippen LogP contribution in [0.4, 0.5) is 5.69 Å². The van der Waals surface area contributed by atoms with E-state index >= 15 is 0 Å². The molecular weight excluding hydrogens is 408 g/mol. The quantitative estimate of drug-likeness (QED) is 0.603. The molecule has 1 amide bonds. The molecule has 5 nitrogen and oxygen atoms in total. The Labute approximate surface area is 199 Å². The number of carbonyl (C=O) groups is 1. The van der Waals surface area contributed by atoms with Gasteiger partial charge >= 0.3 is 0 Å². The Kier molecular flexibility index (Phi) is 8.40. The topological polar surface area (TPSA) is 47.6 Å². The Morgan fingerprint density at radius 1 is 1.00 bits per heavy atom. The van der Waals surface area contributed by atoms with E-state index in [0.29, 0.717) is 6.04 Å². The van der Waals surface area contributed by atoms with E-state index in [4.69, 9.17) is 0 Å². The van der Waals surface area contributed by atoms with Gasteiger partial charge in [0.05, 0.1) is 6.04 Å². The van der Waals surface area contributed by atoms with E-state index in [1.807, 2.05) is 30.9 Å². The van der Waals surface area contributed by atoms with Crippen molar-refractivity contribution in [2.75, 3.05) is 44.6 Å². The Hall–Kier alpha value is -2.37. The summed E-state index contributed by atoms with van der Waals surface area (Å²) in [6.45, 7) is 9.60. The van der Waals surface area contributed by atoms with Crippen LogP contribution in [0.3, 0.4) is 0 Å². The van der Waals surface area contributed by atoms with Crippen LogP contribution < -0.4 is 10.6 Å². The summed E-state index contributed by atoms with van der Waals surface area (Å²) in [5.41, 5.74) is 4.57. The van der Waals surface area contributed by atoms with E-state index in [9.17, 15) is 4.79 Å². The molecule has 0 unspecified atom stereocenters. The van der Waals surface area contributed by atoms with Crippen LogP contribution in [0.15, 0.2) is 48.5 Å². The second kappa shape index (κ2) is 11.7. The fraction of sp³-hybridized carbons (Fsp3) is 0.536. The molecule has 1 saturated carbocycles. The predicted octanol–water partition coefficient (Wildman–Crippen LogP) is 4.91. The second-order valence-electron chi connectivity index (χ2n) is 9.39. The molecule has 2 fully saturated rings. The summed E-state index contributed by atoms with van der Waals surface area (Å²) in [5, 5.41) is 7.28. The molecule has 4 rings (SSSR count). The van der Waals surface area contributed by atoms with Crippen LogP contribution in [0.5, 0.6) is 0 Å². The average molecular weight is 449 g/mol. The Balaban J connectivity index is 1.59. The number of nitrogens with one attached hydrogen (secondary N) is 2. The minimum Gasteiger partial charge on any atom is -0.382 e. The first-order valence-electron chi connectivity index (χ1n) is 12.9. The molecule has 2 aliphatic rings. The molecule has 1 atom stereocenters. The maximum absolute atomic E-state index is 12.8. The molecule has 1 saturated heterocycles. The van der Waals surface area contributed by atoms with Crippen molar-refractivity contribution in [3.05, 3.63) is 65.2 Å². The molecule has 0 spiro atoms. The zero-order chi connectivity index (χ0) is 23.0. The molecule has 1 aliphatic heterocycles. The lowest BCUT2D eigenvalue weighted by atomic mass is 9.93. The minimum atomic E-state index is 0.115. The highest BCUT2D eigenvalue weighted by molar-refractivity contribution is 5.94. The van der Waals surface area contributed by atoms with Gasteiger partial charge in [-0.15, -0.1) is 0 Å². The van der Waals surface area contributed by atoms with E-state index < -0.39 is 0 Å². The molecular formula is C28H40N4O. The van der Waals surface area contributed by atoms with Crippen LogP contribution in [-0.4, -0.2) is 61.0 Å². The van der Waals surface area contributed by atoms with Crippen LogP contribution in [0.2, 0.25) is 0 Å². The van der Waals surface area contributed by atoms with Gasteiger partial charge in [-0.25, -0.2) is 0 Å². The van der Waals surface area contributed by atoms with Gasteiger partial charge in [-0.1, -0.05) is 43.5 Å². The van der Waals surface area contributed by atoms with Crippen LogP contribution >= 0.6 is 0 Å². The Bertz CT molecular complexity index is 881. The third kappa shape index (κ3) is 5.96. The van der Waals surface area contributed by atoms with Gasteiger partial charge in [-0.05, 0) is 62.1 Å². The van der Waals surface area contributed by atoms with Crippen LogP contribution in [0.25, 0.3) is 0 Å². The number of piperazine rings is 1. The van der Waals surface area contributed by atoms with E-state index in [1.165, 1.54) is 48.9 Å². The lowest BCUT2D eigenvalue weighted by Gasteiger charge is -2.36. The fourth-order valence-corrected chi connectivity index (χ4v) is 5.34. The molecule has 178 valence electrons. The Morgan fingerprint density at radius 2 is 1.70 bits per heavy atom. The lowest BCUT2D eigenvalue weighted by Crippen LogP contribution is -2.45. The summed E-state index contributed by atoms with van der Waals surface area (Å²) >= 11 is 0. The van der Waals surface area contributed by atoms with Crippen LogP contribution in [-0.2, 0) is 0 Å². The maximum Gasteiger partial charge on any atom is 0.253 e. The zero-order valence-electron chi connectivity index (χ0n) is 20.4.